The normalized spacial score (nSPS) is 11.6. The Morgan fingerprint density at radius 2 is 2.00 bits per heavy atom. The second-order valence-corrected chi connectivity index (χ2v) is 5.93. The minimum absolute atomic E-state index is 0.159. The van der Waals surface area contributed by atoms with E-state index in [4.69, 9.17) is 0 Å². The van der Waals surface area contributed by atoms with Gasteiger partial charge in [-0.25, -0.2) is 17.5 Å². The molecule has 0 heterocycles. The molecule has 0 saturated carbocycles. The molecule has 0 amide bonds. The van der Waals surface area contributed by atoms with Gasteiger partial charge in [0.05, 0.1) is 15.4 Å². The first-order chi connectivity index (χ1) is 9.29. The Bertz CT molecular complexity index is 604. The lowest BCUT2D eigenvalue weighted by Gasteiger charge is -2.08. The number of benzene rings is 1. The predicted molar refractivity (Wildman–Crippen MR) is 71.5 cm³/mol. The maximum Gasteiger partial charge on any atom is 0.276 e. The van der Waals surface area contributed by atoms with E-state index in [1.165, 1.54) is 6.92 Å². The standard InChI is InChI=1S/C11H16FN3O4S/c1-8-10(12)6-9(7-11(8)15(16)17)20(18,19)14-5-3-4-13-2/h6-7,13-14H,3-5H2,1-2H3. The van der Waals surface area contributed by atoms with Crippen molar-refractivity contribution in [3.8, 4) is 0 Å². The fourth-order valence-corrected chi connectivity index (χ4v) is 2.65. The molecule has 0 aliphatic carbocycles. The topological polar surface area (TPSA) is 101 Å². The first-order valence-corrected chi connectivity index (χ1v) is 7.36. The van der Waals surface area contributed by atoms with E-state index in [1.807, 2.05) is 0 Å². The van der Waals surface area contributed by atoms with Crippen LogP contribution < -0.4 is 10.0 Å². The second kappa shape index (κ2) is 6.73. The lowest BCUT2D eigenvalue weighted by molar-refractivity contribution is -0.385. The van der Waals surface area contributed by atoms with Crippen molar-refractivity contribution in [2.45, 2.75) is 18.2 Å². The zero-order valence-corrected chi connectivity index (χ0v) is 12.0. The van der Waals surface area contributed by atoms with Crippen LogP contribution in [0.3, 0.4) is 0 Å². The molecule has 0 unspecified atom stereocenters. The van der Waals surface area contributed by atoms with Gasteiger partial charge in [0.25, 0.3) is 5.69 Å². The summed E-state index contributed by atoms with van der Waals surface area (Å²) in [5.41, 5.74) is -0.746. The minimum Gasteiger partial charge on any atom is -0.320 e. The van der Waals surface area contributed by atoms with Crippen molar-refractivity contribution >= 4 is 15.7 Å². The van der Waals surface area contributed by atoms with E-state index in [-0.39, 0.29) is 12.1 Å². The van der Waals surface area contributed by atoms with Gasteiger partial charge in [0.2, 0.25) is 10.0 Å². The Morgan fingerprint density at radius 1 is 1.35 bits per heavy atom. The molecule has 0 fully saturated rings. The third-order valence-electron chi connectivity index (χ3n) is 2.69. The summed E-state index contributed by atoms with van der Waals surface area (Å²) < 4.78 is 39.7. The number of hydrogen-bond acceptors (Lipinski definition) is 5. The molecule has 7 nitrogen and oxygen atoms in total. The SMILES string of the molecule is CNCCCNS(=O)(=O)c1cc(F)c(C)c([N+](=O)[O-])c1. The second-order valence-electron chi connectivity index (χ2n) is 4.16. The molecular formula is C11H16FN3O4S. The highest BCUT2D eigenvalue weighted by atomic mass is 32.2. The molecule has 0 aliphatic heterocycles. The van der Waals surface area contributed by atoms with Gasteiger partial charge in [0.1, 0.15) is 5.82 Å². The monoisotopic (exact) mass is 305 g/mol. The molecule has 1 aromatic rings. The summed E-state index contributed by atoms with van der Waals surface area (Å²) >= 11 is 0. The average molecular weight is 305 g/mol. The van der Waals surface area contributed by atoms with Crippen LogP contribution in [-0.4, -0.2) is 33.5 Å². The zero-order valence-electron chi connectivity index (χ0n) is 11.1. The van der Waals surface area contributed by atoms with Crippen molar-refractivity contribution in [2.24, 2.45) is 0 Å². The molecule has 0 aromatic heterocycles. The van der Waals surface area contributed by atoms with E-state index in [9.17, 15) is 22.9 Å². The third-order valence-corrected chi connectivity index (χ3v) is 4.13. The molecule has 2 N–H and O–H groups in total. The molecule has 0 saturated heterocycles. The number of hydrogen-bond donors (Lipinski definition) is 2. The van der Waals surface area contributed by atoms with Gasteiger partial charge >= 0.3 is 0 Å². The van der Waals surface area contributed by atoms with Crippen LogP contribution in [-0.2, 0) is 10.0 Å². The predicted octanol–water partition coefficient (Wildman–Crippen LogP) is 0.930. The number of sulfonamides is 1. The molecule has 0 spiro atoms. The zero-order chi connectivity index (χ0) is 15.3. The first kappa shape index (κ1) is 16.5. The fraction of sp³-hybridized carbons (Fsp3) is 0.455. The van der Waals surface area contributed by atoms with Crippen LogP contribution in [0.1, 0.15) is 12.0 Å². The quantitative estimate of drug-likeness (QED) is 0.443. The molecule has 0 atom stereocenters. The highest BCUT2D eigenvalue weighted by Gasteiger charge is 2.22. The lowest BCUT2D eigenvalue weighted by Crippen LogP contribution is -2.27. The molecule has 0 aliphatic rings. The Labute approximate surface area is 116 Å². The van der Waals surface area contributed by atoms with Crippen LogP contribution in [0, 0.1) is 22.9 Å². The van der Waals surface area contributed by atoms with Gasteiger partial charge in [-0.15, -0.1) is 0 Å². The maximum absolute atomic E-state index is 13.6. The number of nitrogens with one attached hydrogen (secondary N) is 2. The number of rotatable bonds is 7. The average Bonchev–Trinajstić information content (AvgIpc) is 2.37. The fourth-order valence-electron chi connectivity index (χ4n) is 1.54. The summed E-state index contributed by atoms with van der Waals surface area (Å²) in [6, 6.07) is 1.64. The van der Waals surface area contributed by atoms with Crippen molar-refractivity contribution in [3.05, 3.63) is 33.6 Å². The number of halogens is 1. The molecule has 1 aromatic carbocycles. The van der Waals surface area contributed by atoms with Crippen molar-refractivity contribution < 1.29 is 17.7 Å². The van der Waals surface area contributed by atoms with Gasteiger partial charge in [-0.1, -0.05) is 0 Å². The Balaban J connectivity index is 3.04. The summed E-state index contributed by atoms with van der Waals surface area (Å²) in [6.07, 6.45) is 0.548. The van der Waals surface area contributed by atoms with Gasteiger partial charge < -0.3 is 5.32 Å². The maximum atomic E-state index is 13.6. The minimum atomic E-state index is -3.96. The van der Waals surface area contributed by atoms with Crippen LogP contribution in [0.25, 0.3) is 0 Å². The van der Waals surface area contributed by atoms with Crippen LogP contribution in [0.5, 0.6) is 0 Å². The number of nitrogens with zero attached hydrogens (tertiary/aromatic N) is 1. The van der Waals surface area contributed by atoms with E-state index in [1.54, 1.807) is 7.05 Å². The van der Waals surface area contributed by atoms with Gasteiger partial charge in [-0.2, -0.15) is 0 Å². The summed E-state index contributed by atoms with van der Waals surface area (Å²) in [5.74, 6) is -0.921. The third kappa shape index (κ3) is 3.95. The Morgan fingerprint density at radius 3 is 2.55 bits per heavy atom. The lowest BCUT2D eigenvalue weighted by atomic mass is 10.2. The molecule has 1 rings (SSSR count). The van der Waals surface area contributed by atoms with Gasteiger partial charge in [-0.3, -0.25) is 10.1 Å². The largest absolute Gasteiger partial charge is 0.320 e. The van der Waals surface area contributed by atoms with Crippen LogP contribution in [0.4, 0.5) is 10.1 Å². The van der Waals surface area contributed by atoms with E-state index >= 15 is 0 Å². The summed E-state index contributed by atoms with van der Waals surface area (Å²) in [6.45, 7) is 2.00. The summed E-state index contributed by atoms with van der Waals surface area (Å²) in [7, 11) is -2.23. The number of nitro groups is 1. The first-order valence-electron chi connectivity index (χ1n) is 5.88. The molecular weight excluding hydrogens is 289 g/mol. The summed E-state index contributed by atoms with van der Waals surface area (Å²) in [5, 5.41) is 13.6. The summed E-state index contributed by atoms with van der Waals surface area (Å²) in [4.78, 5) is 9.51. The van der Waals surface area contributed by atoms with Gasteiger partial charge in [0, 0.05) is 12.6 Å². The molecule has 0 radical (unpaired) electrons. The van der Waals surface area contributed by atoms with E-state index < -0.39 is 31.3 Å². The molecule has 20 heavy (non-hydrogen) atoms. The van der Waals surface area contributed by atoms with Crippen LogP contribution in [0.15, 0.2) is 17.0 Å². The van der Waals surface area contributed by atoms with E-state index in [0.717, 1.165) is 12.1 Å². The van der Waals surface area contributed by atoms with Crippen LogP contribution in [0.2, 0.25) is 0 Å². The highest BCUT2D eigenvalue weighted by molar-refractivity contribution is 7.89. The van der Waals surface area contributed by atoms with E-state index in [0.29, 0.717) is 13.0 Å². The Kier molecular flexibility index (Phi) is 5.54. The van der Waals surface area contributed by atoms with Crippen molar-refractivity contribution in [1.82, 2.24) is 10.0 Å². The smallest absolute Gasteiger partial charge is 0.276 e. The van der Waals surface area contributed by atoms with Crippen LogP contribution >= 0.6 is 0 Å². The van der Waals surface area contributed by atoms with Crippen molar-refractivity contribution in [3.63, 3.8) is 0 Å². The van der Waals surface area contributed by atoms with E-state index in [2.05, 4.69) is 10.0 Å². The van der Waals surface area contributed by atoms with Gasteiger partial charge in [0.15, 0.2) is 0 Å². The molecule has 0 bridgehead atoms. The highest BCUT2D eigenvalue weighted by Crippen LogP contribution is 2.25. The van der Waals surface area contributed by atoms with Crippen molar-refractivity contribution in [2.75, 3.05) is 20.1 Å². The number of nitro benzene ring substituents is 1. The molecule has 9 heteroatoms. The Hall–Kier alpha value is -1.58. The van der Waals surface area contributed by atoms with Gasteiger partial charge in [-0.05, 0) is 33.0 Å². The molecule has 112 valence electrons. The van der Waals surface area contributed by atoms with Crippen molar-refractivity contribution in [1.29, 1.82) is 0 Å².